The molecule has 1 fully saturated rings. The van der Waals surface area contributed by atoms with Crippen LogP contribution in [0.25, 0.3) is 0 Å². The van der Waals surface area contributed by atoms with E-state index in [1.807, 2.05) is 0 Å². The Kier molecular flexibility index (Phi) is 4.82. The van der Waals surface area contributed by atoms with Crippen LogP contribution in [0.4, 0.5) is 10.5 Å². The summed E-state index contributed by atoms with van der Waals surface area (Å²) in [5, 5.41) is 31.3. The zero-order valence-electron chi connectivity index (χ0n) is 11.8. The Morgan fingerprint density at radius 1 is 1.43 bits per heavy atom. The highest BCUT2D eigenvalue weighted by molar-refractivity contribution is 7.89. The minimum Gasteiger partial charge on any atom is -0.465 e. The van der Waals surface area contributed by atoms with Gasteiger partial charge in [0.1, 0.15) is 0 Å². The van der Waals surface area contributed by atoms with Crippen LogP contribution in [0, 0.1) is 10.1 Å². The Morgan fingerprint density at radius 3 is 2.65 bits per heavy atom. The van der Waals surface area contributed by atoms with E-state index < -0.39 is 50.3 Å². The van der Waals surface area contributed by atoms with Crippen LogP contribution in [0.1, 0.15) is 6.42 Å². The maximum atomic E-state index is 12.7. The molecule has 1 amide bonds. The number of aliphatic hydroxyl groups excluding tert-OH is 1. The van der Waals surface area contributed by atoms with Gasteiger partial charge in [-0.2, -0.15) is 4.31 Å². The van der Waals surface area contributed by atoms with Gasteiger partial charge in [0.25, 0.3) is 5.69 Å². The summed E-state index contributed by atoms with van der Waals surface area (Å²) < 4.78 is 26.3. The van der Waals surface area contributed by atoms with E-state index in [0.29, 0.717) is 0 Å². The molecule has 1 aliphatic heterocycles. The molecule has 0 saturated carbocycles. The zero-order valence-corrected chi connectivity index (χ0v) is 12.6. The van der Waals surface area contributed by atoms with Crippen molar-refractivity contribution in [1.82, 2.24) is 9.62 Å². The van der Waals surface area contributed by atoms with Crippen molar-refractivity contribution >= 4 is 21.8 Å². The van der Waals surface area contributed by atoms with E-state index in [1.165, 1.54) is 12.1 Å². The molecule has 23 heavy (non-hydrogen) atoms. The van der Waals surface area contributed by atoms with E-state index >= 15 is 0 Å². The Labute approximate surface area is 131 Å². The summed E-state index contributed by atoms with van der Waals surface area (Å²) in [6, 6.07) is 3.35. The normalized spacial score (nSPS) is 22.0. The van der Waals surface area contributed by atoms with Gasteiger partial charge in [-0.25, -0.2) is 13.2 Å². The van der Waals surface area contributed by atoms with E-state index in [9.17, 15) is 28.4 Å². The van der Waals surface area contributed by atoms with Gasteiger partial charge in [-0.05, 0) is 12.5 Å². The molecule has 2 atom stereocenters. The Bertz CT molecular complexity index is 721. The third-order valence-electron chi connectivity index (χ3n) is 3.55. The smallest absolute Gasteiger partial charge is 0.404 e. The fourth-order valence-corrected chi connectivity index (χ4v) is 4.41. The molecule has 0 bridgehead atoms. The Balaban J connectivity index is 2.39. The van der Waals surface area contributed by atoms with Gasteiger partial charge in [0.2, 0.25) is 10.0 Å². The number of carbonyl (C=O) groups is 1. The van der Waals surface area contributed by atoms with Crippen LogP contribution in [-0.2, 0) is 10.0 Å². The van der Waals surface area contributed by atoms with Gasteiger partial charge in [0, 0.05) is 18.7 Å². The third-order valence-corrected chi connectivity index (χ3v) is 5.52. The van der Waals surface area contributed by atoms with Crippen LogP contribution in [0.3, 0.4) is 0 Å². The van der Waals surface area contributed by atoms with E-state index in [-0.39, 0.29) is 13.0 Å². The maximum absolute atomic E-state index is 12.7. The van der Waals surface area contributed by atoms with Crippen molar-refractivity contribution in [2.24, 2.45) is 0 Å². The molecule has 1 saturated heterocycles. The number of para-hydroxylation sites is 1. The topological polar surface area (TPSA) is 150 Å². The van der Waals surface area contributed by atoms with Crippen molar-refractivity contribution in [3.05, 3.63) is 34.4 Å². The first-order chi connectivity index (χ1) is 10.8. The summed E-state index contributed by atoms with van der Waals surface area (Å²) in [5.74, 6) is 0. The number of hydrogen-bond donors (Lipinski definition) is 3. The number of nitrogens with one attached hydrogen (secondary N) is 1. The van der Waals surface area contributed by atoms with Crippen LogP contribution >= 0.6 is 0 Å². The molecule has 11 heteroatoms. The van der Waals surface area contributed by atoms with Gasteiger partial charge in [-0.1, -0.05) is 12.1 Å². The average molecular weight is 345 g/mol. The molecule has 1 aliphatic rings. The summed E-state index contributed by atoms with van der Waals surface area (Å²) in [4.78, 5) is 20.4. The highest BCUT2D eigenvalue weighted by atomic mass is 32.2. The number of amides is 1. The summed E-state index contributed by atoms with van der Waals surface area (Å²) in [5.41, 5.74) is -0.571. The number of benzene rings is 1. The van der Waals surface area contributed by atoms with Gasteiger partial charge in [0.05, 0.1) is 17.6 Å². The lowest BCUT2D eigenvalue weighted by Gasteiger charge is -2.22. The molecule has 0 aliphatic carbocycles. The zero-order chi connectivity index (χ0) is 17.2. The highest BCUT2D eigenvalue weighted by Gasteiger charge is 2.42. The quantitative estimate of drug-likeness (QED) is 0.501. The standard InChI is InChI=1S/C12H15N3O7S/c16-7-9-5-8(13-12(17)18)6-14(9)23(21,22)11-4-2-1-3-10(11)15(19)20/h1-4,8-9,13,16H,5-7H2,(H,17,18)/t8-,9+/m1/s1. The SMILES string of the molecule is O=C(O)N[C@@H]1C[C@@H](CO)N(S(=O)(=O)c2ccccc2[N+](=O)[O-])C1. The minimum atomic E-state index is -4.25. The molecule has 1 heterocycles. The molecule has 1 aromatic rings. The minimum absolute atomic E-state index is 0.0860. The van der Waals surface area contributed by atoms with Crippen LogP contribution in [-0.4, -0.2) is 59.2 Å². The summed E-state index contributed by atoms with van der Waals surface area (Å²) >= 11 is 0. The number of aliphatic hydroxyl groups is 1. The van der Waals surface area contributed by atoms with E-state index in [0.717, 1.165) is 16.4 Å². The number of nitrogens with zero attached hydrogens (tertiary/aromatic N) is 2. The van der Waals surface area contributed by atoms with Crippen molar-refractivity contribution in [3.63, 3.8) is 0 Å². The molecule has 10 nitrogen and oxygen atoms in total. The van der Waals surface area contributed by atoms with Crippen LogP contribution in [0.2, 0.25) is 0 Å². The lowest BCUT2D eigenvalue weighted by atomic mass is 10.2. The maximum Gasteiger partial charge on any atom is 0.404 e. The number of sulfonamides is 1. The fraction of sp³-hybridized carbons (Fsp3) is 0.417. The molecule has 126 valence electrons. The first-order valence-corrected chi connectivity index (χ1v) is 8.07. The van der Waals surface area contributed by atoms with Crippen molar-refractivity contribution in [2.75, 3.05) is 13.2 Å². The average Bonchev–Trinajstić information content (AvgIpc) is 2.90. The Hall–Kier alpha value is -2.24. The second kappa shape index (κ2) is 6.48. The van der Waals surface area contributed by atoms with Gasteiger partial charge in [-0.15, -0.1) is 0 Å². The largest absolute Gasteiger partial charge is 0.465 e. The molecule has 2 rings (SSSR count). The number of hydrogen-bond acceptors (Lipinski definition) is 6. The van der Waals surface area contributed by atoms with Crippen molar-refractivity contribution in [3.8, 4) is 0 Å². The van der Waals surface area contributed by atoms with Gasteiger partial charge in [-0.3, -0.25) is 10.1 Å². The third kappa shape index (κ3) is 3.41. The van der Waals surface area contributed by atoms with Gasteiger partial charge >= 0.3 is 6.09 Å². The number of nitro benzene ring substituents is 1. The van der Waals surface area contributed by atoms with E-state index in [2.05, 4.69) is 5.32 Å². The number of rotatable bonds is 5. The number of nitro groups is 1. The molecule has 0 radical (unpaired) electrons. The molecule has 0 spiro atoms. The van der Waals surface area contributed by atoms with Crippen molar-refractivity contribution in [1.29, 1.82) is 0 Å². The first kappa shape index (κ1) is 17.1. The predicted molar refractivity (Wildman–Crippen MR) is 77.4 cm³/mol. The predicted octanol–water partition coefficient (Wildman–Crippen LogP) is -0.0137. The van der Waals surface area contributed by atoms with E-state index in [1.54, 1.807) is 0 Å². The molecule has 3 N–H and O–H groups in total. The van der Waals surface area contributed by atoms with Crippen molar-refractivity contribution in [2.45, 2.75) is 23.4 Å². The summed E-state index contributed by atoms with van der Waals surface area (Å²) in [6.45, 7) is -0.719. The van der Waals surface area contributed by atoms with Crippen LogP contribution < -0.4 is 5.32 Å². The summed E-state index contributed by atoms with van der Waals surface area (Å²) in [7, 11) is -4.25. The first-order valence-electron chi connectivity index (χ1n) is 6.63. The van der Waals surface area contributed by atoms with Gasteiger partial charge in [0.15, 0.2) is 4.90 Å². The summed E-state index contributed by atoms with van der Waals surface area (Å²) in [6.07, 6.45) is -1.22. The van der Waals surface area contributed by atoms with E-state index in [4.69, 9.17) is 5.11 Å². The molecule has 0 unspecified atom stereocenters. The second-order valence-corrected chi connectivity index (χ2v) is 6.88. The lowest BCUT2D eigenvalue weighted by molar-refractivity contribution is -0.387. The number of carboxylic acid groups (broad SMARTS) is 1. The van der Waals surface area contributed by atoms with Crippen LogP contribution in [0.15, 0.2) is 29.2 Å². The monoisotopic (exact) mass is 345 g/mol. The van der Waals surface area contributed by atoms with Crippen LogP contribution in [0.5, 0.6) is 0 Å². The Morgan fingerprint density at radius 2 is 2.09 bits per heavy atom. The molecular formula is C12H15N3O7S. The van der Waals surface area contributed by atoms with Gasteiger partial charge < -0.3 is 15.5 Å². The molecule has 0 aromatic heterocycles. The van der Waals surface area contributed by atoms with Crippen molar-refractivity contribution < 1.29 is 28.3 Å². The highest BCUT2D eigenvalue weighted by Crippen LogP contribution is 2.31. The molecule has 1 aromatic carbocycles. The second-order valence-electron chi connectivity index (χ2n) is 5.02. The lowest BCUT2D eigenvalue weighted by Crippen LogP contribution is -2.40. The molecular weight excluding hydrogens is 330 g/mol. The fourth-order valence-electron chi connectivity index (χ4n) is 2.58.